The zero-order valence-electron chi connectivity index (χ0n) is 10.8. The number of aromatic nitrogens is 1. The first-order valence-electron chi connectivity index (χ1n) is 6.44. The second-order valence-corrected chi connectivity index (χ2v) is 5.12. The van der Waals surface area contributed by atoms with E-state index in [1.807, 2.05) is 18.2 Å². The van der Waals surface area contributed by atoms with Crippen molar-refractivity contribution in [2.24, 2.45) is 0 Å². The summed E-state index contributed by atoms with van der Waals surface area (Å²) in [6.45, 7) is 1.44. The zero-order chi connectivity index (χ0) is 13.9. The molecule has 1 unspecified atom stereocenters. The molecule has 3 rings (SSSR count). The van der Waals surface area contributed by atoms with E-state index in [0.29, 0.717) is 17.1 Å². The largest absolute Gasteiger partial charge is 0.344 e. The molecule has 1 aromatic carbocycles. The van der Waals surface area contributed by atoms with Crippen LogP contribution in [-0.2, 0) is 6.54 Å². The van der Waals surface area contributed by atoms with Crippen LogP contribution >= 0.6 is 11.6 Å². The second kappa shape index (κ2) is 5.61. The summed E-state index contributed by atoms with van der Waals surface area (Å²) in [7, 11) is 0. The van der Waals surface area contributed by atoms with Gasteiger partial charge in [0, 0.05) is 30.5 Å². The number of pyridine rings is 1. The third-order valence-electron chi connectivity index (χ3n) is 3.38. The Hall–Kier alpha value is -1.91. The fraction of sp³-hybridized carbons (Fsp3) is 0.200. The van der Waals surface area contributed by atoms with Crippen LogP contribution in [-0.4, -0.2) is 17.4 Å². The Kier molecular flexibility index (Phi) is 3.67. The number of nitrogens with zero attached hydrogens (tertiary/aromatic N) is 1. The molecule has 0 fully saturated rings. The fourth-order valence-corrected chi connectivity index (χ4v) is 2.77. The maximum Gasteiger partial charge on any atom is 0.253 e. The minimum Gasteiger partial charge on any atom is -0.344 e. The second-order valence-electron chi connectivity index (χ2n) is 4.71. The first kappa shape index (κ1) is 13.1. The van der Waals surface area contributed by atoms with Crippen LogP contribution in [0.1, 0.15) is 27.5 Å². The lowest BCUT2D eigenvalue weighted by atomic mass is 9.96. The number of fused-ring (bicyclic) bond motifs is 1. The van der Waals surface area contributed by atoms with E-state index in [-0.39, 0.29) is 11.9 Å². The molecule has 5 heteroatoms. The summed E-state index contributed by atoms with van der Waals surface area (Å²) in [5.74, 6) is -0.141. The monoisotopic (exact) mass is 287 g/mol. The van der Waals surface area contributed by atoms with E-state index in [1.165, 1.54) is 0 Å². The van der Waals surface area contributed by atoms with Crippen LogP contribution in [0.4, 0.5) is 0 Å². The number of rotatable bonds is 2. The van der Waals surface area contributed by atoms with Crippen LogP contribution in [0, 0.1) is 0 Å². The summed E-state index contributed by atoms with van der Waals surface area (Å²) >= 11 is 6.27. The average Bonchev–Trinajstić information content (AvgIpc) is 2.48. The molecule has 2 heterocycles. The maximum atomic E-state index is 12.2. The predicted octanol–water partition coefficient (Wildman–Crippen LogP) is 2.31. The minimum absolute atomic E-state index is 0.125. The van der Waals surface area contributed by atoms with Gasteiger partial charge < -0.3 is 10.6 Å². The lowest BCUT2D eigenvalue weighted by Crippen LogP contribution is -2.39. The molecule has 4 nitrogen and oxygen atoms in total. The minimum atomic E-state index is -0.141. The Morgan fingerprint density at radius 1 is 1.35 bits per heavy atom. The van der Waals surface area contributed by atoms with Crippen molar-refractivity contribution in [2.45, 2.75) is 12.6 Å². The SMILES string of the molecule is O=C(NC1CNCc2cccc(Cl)c21)c1cccnc1. The van der Waals surface area contributed by atoms with Gasteiger partial charge in [-0.2, -0.15) is 0 Å². The van der Waals surface area contributed by atoms with Gasteiger partial charge in [-0.3, -0.25) is 9.78 Å². The quantitative estimate of drug-likeness (QED) is 0.891. The van der Waals surface area contributed by atoms with Crippen molar-refractivity contribution in [2.75, 3.05) is 6.54 Å². The highest BCUT2D eigenvalue weighted by Gasteiger charge is 2.24. The topological polar surface area (TPSA) is 54.0 Å². The van der Waals surface area contributed by atoms with Gasteiger partial charge in [0.05, 0.1) is 11.6 Å². The molecule has 1 aliphatic rings. The van der Waals surface area contributed by atoms with Crippen molar-refractivity contribution in [3.05, 3.63) is 64.4 Å². The van der Waals surface area contributed by atoms with E-state index in [9.17, 15) is 4.79 Å². The number of halogens is 1. The van der Waals surface area contributed by atoms with Gasteiger partial charge in [0.2, 0.25) is 0 Å². The first-order chi connectivity index (χ1) is 9.75. The molecule has 2 aromatic rings. The molecule has 20 heavy (non-hydrogen) atoms. The zero-order valence-corrected chi connectivity index (χ0v) is 11.5. The third kappa shape index (κ3) is 2.53. The van der Waals surface area contributed by atoms with E-state index in [4.69, 9.17) is 11.6 Å². The van der Waals surface area contributed by atoms with Gasteiger partial charge >= 0.3 is 0 Å². The van der Waals surface area contributed by atoms with Crippen LogP contribution in [0.3, 0.4) is 0 Å². The predicted molar refractivity (Wildman–Crippen MR) is 77.6 cm³/mol. The van der Waals surface area contributed by atoms with Gasteiger partial charge in [-0.25, -0.2) is 0 Å². The Labute approximate surface area is 122 Å². The van der Waals surface area contributed by atoms with Crippen molar-refractivity contribution in [3.63, 3.8) is 0 Å². The summed E-state index contributed by atoms with van der Waals surface area (Å²) in [4.78, 5) is 16.2. The van der Waals surface area contributed by atoms with Crippen molar-refractivity contribution < 1.29 is 4.79 Å². The number of amides is 1. The molecule has 0 bridgehead atoms. The number of hydrogen-bond donors (Lipinski definition) is 2. The molecule has 1 aromatic heterocycles. The van der Waals surface area contributed by atoms with Crippen molar-refractivity contribution in [1.82, 2.24) is 15.6 Å². The third-order valence-corrected chi connectivity index (χ3v) is 3.71. The maximum absolute atomic E-state index is 12.2. The highest BCUT2D eigenvalue weighted by atomic mass is 35.5. The Morgan fingerprint density at radius 2 is 2.25 bits per heavy atom. The molecule has 102 valence electrons. The van der Waals surface area contributed by atoms with E-state index >= 15 is 0 Å². The van der Waals surface area contributed by atoms with Crippen LogP contribution in [0.5, 0.6) is 0 Å². The summed E-state index contributed by atoms with van der Waals surface area (Å²) in [5, 5.41) is 6.99. The van der Waals surface area contributed by atoms with Gasteiger partial charge in [-0.15, -0.1) is 0 Å². The van der Waals surface area contributed by atoms with Crippen molar-refractivity contribution >= 4 is 17.5 Å². The molecule has 1 atom stereocenters. The molecule has 0 aliphatic carbocycles. The van der Waals surface area contributed by atoms with E-state index < -0.39 is 0 Å². The van der Waals surface area contributed by atoms with Gasteiger partial charge in [-0.05, 0) is 29.3 Å². The number of carbonyl (C=O) groups is 1. The van der Waals surface area contributed by atoms with Gasteiger partial charge in [0.1, 0.15) is 0 Å². The Bertz CT molecular complexity index is 630. The molecular formula is C15H14ClN3O. The Morgan fingerprint density at radius 3 is 3.05 bits per heavy atom. The lowest BCUT2D eigenvalue weighted by Gasteiger charge is -2.28. The summed E-state index contributed by atoms with van der Waals surface area (Å²) in [5.41, 5.74) is 2.68. The average molecular weight is 288 g/mol. The normalized spacial score (nSPS) is 17.4. The first-order valence-corrected chi connectivity index (χ1v) is 6.82. The molecule has 2 N–H and O–H groups in total. The summed E-state index contributed by atoms with van der Waals surface area (Å²) in [6.07, 6.45) is 3.20. The standard InChI is InChI=1S/C15H14ClN3O/c16-12-5-1-3-10-7-18-9-13(14(10)12)19-15(20)11-4-2-6-17-8-11/h1-6,8,13,18H,7,9H2,(H,19,20). The smallest absolute Gasteiger partial charge is 0.253 e. The van der Waals surface area contributed by atoms with Gasteiger partial charge in [-0.1, -0.05) is 23.7 Å². The fourth-order valence-electron chi connectivity index (χ4n) is 2.44. The molecule has 1 aliphatic heterocycles. The van der Waals surface area contributed by atoms with Crippen LogP contribution < -0.4 is 10.6 Å². The molecular weight excluding hydrogens is 274 g/mol. The molecule has 0 spiro atoms. The number of nitrogens with one attached hydrogen (secondary N) is 2. The molecule has 0 radical (unpaired) electrons. The van der Waals surface area contributed by atoms with Crippen molar-refractivity contribution in [3.8, 4) is 0 Å². The number of benzene rings is 1. The van der Waals surface area contributed by atoms with Crippen LogP contribution in [0.25, 0.3) is 0 Å². The highest BCUT2D eigenvalue weighted by molar-refractivity contribution is 6.31. The number of carbonyl (C=O) groups excluding carboxylic acids is 1. The molecule has 0 saturated carbocycles. The van der Waals surface area contributed by atoms with Crippen LogP contribution in [0.15, 0.2) is 42.7 Å². The van der Waals surface area contributed by atoms with Gasteiger partial charge in [0.15, 0.2) is 0 Å². The van der Waals surface area contributed by atoms with Crippen LogP contribution in [0.2, 0.25) is 5.02 Å². The lowest BCUT2D eigenvalue weighted by molar-refractivity contribution is 0.0934. The van der Waals surface area contributed by atoms with E-state index in [2.05, 4.69) is 15.6 Å². The molecule has 1 amide bonds. The van der Waals surface area contributed by atoms with Crippen molar-refractivity contribution in [1.29, 1.82) is 0 Å². The summed E-state index contributed by atoms with van der Waals surface area (Å²) < 4.78 is 0. The Balaban J connectivity index is 1.85. The van der Waals surface area contributed by atoms with E-state index in [0.717, 1.165) is 17.7 Å². The van der Waals surface area contributed by atoms with E-state index in [1.54, 1.807) is 24.5 Å². The highest BCUT2D eigenvalue weighted by Crippen LogP contribution is 2.29. The summed E-state index contributed by atoms with van der Waals surface area (Å²) in [6, 6.07) is 9.17. The van der Waals surface area contributed by atoms with Gasteiger partial charge in [0.25, 0.3) is 5.91 Å². The number of hydrogen-bond acceptors (Lipinski definition) is 3. The molecule has 0 saturated heterocycles.